The fourth-order valence-electron chi connectivity index (χ4n) is 2.30. The van der Waals surface area contributed by atoms with Crippen LogP contribution in [-0.4, -0.2) is 78.1 Å². The molecule has 0 spiro atoms. The smallest absolute Gasteiger partial charge is 0.186 e. The maximum Gasteiger partial charge on any atom is 0.186 e. The molecule has 3 rings (SSSR count). The second-order valence-corrected chi connectivity index (χ2v) is 6.12. The highest BCUT2D eigenvalue weighted by Gasteiger charge is 2.46. The first kappa shape index (κ1) is 19.5. The topological polar surface area (TPSA) is 133 Å². The number of fused-ring (bicyclic) bond motifs is 6. The molecule has 22 heavy (non-hydrogen) atoms. The van der Waals surface area contributed by atoms with Gasteiger partial charge in [-0.3, -0.25) is 4.99 Å². The van der Waals surface area contributed by atoms with Crippen LogP contribution in [0.25, 0.3) is 0 Å². The SMILES string of the molecule is C.NC(N)=NCCSCC1OC2OCCCOC1C(O)C2O. The summed E-state index contributed by atoms with van der Waals surface area (Å²) in [6.45, 7) is 1.43. The van der Waals surface area contributed by atoms with Gasteiger partial charge in [0, 0.05) is 18.1 Å². The Morgan fingerprint density at radius 1 is 1.18 bits per heavy atom. The number of rotatable bonds is 5. The minimum atomic E-state index is -1.09. The molecule has 9 heteroatoms. The molecule has 2 bridgehead atoms. The Hall–Kier alpha value is -0.580. The normalized spacial score (nSPS) is 34.9. The highest BCUT2D eigenvalue weighted by atomic mass is 32.2. The van der Waals surface area contributed by atoms with E-state index in [0.717, 1.165) is 5.75 Å². The predicted molar refractivity (Wildman–Crippen MR) is 85.7 cm³/mol. The second kappa shape index (κ2) is 9.53. The van der Waals surface area contributed by atoms with E-state index in [9.17, 15) is 10.2 Å². The number of ether oxygens (including phenoxy) is 3. The summed E-state index contributed by atoms with van der Waals surface area (Å²) in [6, 6.07) is 0. The summed E-state index contributed by atoms with van der Waals surface area (Å²) in [5, 5.41) is 20.1. The fourth-order valence-corrected chi connectivity index (χ4v) is 3.19. The molecule has 3 heterocycles. The van der Waals surface area contributed by atoms with Crippen molar-refractivity contribution < 1.29 is 24.4 Å². The molecule has 8 nitrogen and oxygen atoms in total. The van der Waals surface area contributed by atoms with Crippen LogP contribution in [0.5, 0.6) is 0 Å². The number of thioether (sulfide) groups is 1. The van der Waals surface area contributed by atoms with Crippen molar-refractivity contribution in [1.82, 2.24) is 0 Å². The third-order valence-corrected chi connectivity index (χ3v) is 4.37. The molecule has 0 saturated carbocycles. The van der Waals surface area contributed by atoms with E-state index in [4.69, 9.17) is 25.7 Å². The number of hydrogen-bond acceptors (Lipinski definition) is 7. The zero-order valence-corrected chi connectivity index (χ0v) is 12.6. The molecular formula is C13H27N3O5S. The number of nitrogens with zero attached hydrogens (tertiary/aromatic N) is 1. The quantitative estimate of drug-likeness (QED) is 0.282. The van der Waals surface area contributed by atoms with Crippen LogP contribution in [0.4, 0.5) is 0 Å². The van der Waals surface area contributed by atoms with Crippen molar-refractivity contribution in [2.75, 3.05) is 31.3 Å². The summed E-state index contributed by atoms with van der Waals surface area (Å²) < 4.78 is 16.8. The maximum absolute atomic E-state index is 10.1. The average molecular weight is 337 g/mol. The monoisotopic (exact) mass is 337 g/mol. The van der Waals surface area contributed by atoms with Crippen LogP contribution in [0.15, 0.2) is 4.99 Å². The lowest BCUT2D eigenvalue weighted by Gasteiger charge is -2.41. The van der Waals surface area contributed by atoms with Gasteiger partial charge in [-0.25, -0.2) is 0 Å². The molecule has 0 aromatic heterocycles. The molecule has 3 aliphatic rings. The average Bonchev–Trinajstić information content (AvgIpc) is 2.58. The number of guanidine groups is 1. The Labute approximate surface area is 135 Å². The molecular weight excluding hydrogens is 310 g/mol. The lowest BCUT2D eigenvalue weighted by atomic mass is 10.00. The van der Waals surface area contributed by atoms with Crippen molar-refractivity contribution in [3.63, 3.8) is 0 Å². The summed E-state index contributed by atoms with van der Waals surface area (Å²) in [5.41, 5.74) is 10.5. The van der Waals surface area contributed by atoms with Gasteiger partial charge in [0.1, 0.15) is 18.3 Å². The first-order valence-electron chi connectivity index (χ1n) is 6.97. The van der Waals surface area contributed by atoms with Gasteiger partial charge in [0.25, 0.3) is 0 Å². The molecule has 0 aromatic rings. The largest absolute Gasteiger partial charge is 0.387 e. The summed E-state index contributed by atoms with van der Waals surface area (Å²) in [5.74, 6) is 1.41. The van der Waals surface area contributed by atoms with Gasteiger partial charge in [0.05, 0.1) is 19.3 Å². The first-order chi connectivity index (χ1) is 10.1. The zero-order valence-electron chi connectivity index (χ0n) is 11.8. The maximum atomic E-state index is 10.1. The van der Waals surface area contributed by atoms with Gasteiger partial charge < -0.3 is 35.9 Å². The van der Waals surface area contributed by atoms with Crippen molar-refractivity contribution in [3.05, 3.63) is 0 Å². The molecule has 5 atom stereocenters. The Balaban J connectivity index is 0.00000242. The molecule has 0 amide bonds. The predicted octanol–water partition coefficient (Wildman–Crippen LogP) is -1.12. The van der Waals surface area contributed by atoms with Crippen molar-refractivity contribution in [3.8, 4) is 0 Å². The van der Waals surface area contributed by atoms with E-state index in [0.29, 0.717) is 31.9 Å². The molecule has 0 radical (unpaired) electrons. The Morgan fingerprint density at radius 3 is 2.64 bits per heavy atom. The van der Waals surface area contributed by atoms with Crippen LogP contribution < -0.4 is 11.5 Å². The summed E-state index contributed by atoms with van der Waals surface area (Å²) in [6.07, 6.45) is -3.08. The first-order valence-corrected chi connectivity index (χ1v) is 8.13. The van der Waals surface area contributed by atoms with Crippen molar-refractivity contribution in [1.29, 1.82) is 0 Å². The zero-order chi connectivity index (χ0) is 15.2. The van der Waals surface area contributed by atoms with Gasteiger partial charge in [-0.15, -0.1) is 0 Å². The van der Waals surface area contributed by atoms with E-state index in [1.54, 1.807) is 11.8 Å². The highest BCUT2D eigenvalue weighted by molar-refractivity contribution is 7.99. The van der Waals surface area contributed by atoms with Crippen LogP contribution in [0.3, 0.4) is 0 Å². The van der Waals surface area contributed by atoms with Crippen LogP contribution >= 0.6 is 11.8 Å². The van der Waals surface area contributed by atoms with Crippen molar-refractivity contribution in [2.45, 2.75) is 44.6 Å². The summed E-state index contributed by atoms with van der Waals surface area (Å²) in [7, 11) is 0. The van der Waals surface area contributed by atoms with Gasteiger partial charge in [0.15, 0.2) is 12.2 Å². The van der Waals surface area contributed by atoms with Crippen molar-refractivity contribution >= 4 is 17.7 Å². The van der Waals surface area contributed by atoms with Gasteiger partial charge in [-0.05, 0) is 6.42 Å². The molecule has 130 valence electrons. The minimum Gasteiger partial charge on any atom is -0.387 e. The van der Waals surface area contributed by atoms with Gasteiger partial charge >= 0.3 is 0 Å². The molecule has 3 fully saturated rings. The van der Waals surface area contributed by atoms with E-state index in [1.807, 2.05) is 0 Å². The van der Waals surface area contributed by atoms with Gasteiger partial charge in [-0.2, -0.15) is 11.8 Å². The Bertz CT molecular complexity index is 355. The van der Waals surface area contributed by atoms with Crippen LogP contribution in [0, 0.1) is 0 Å². The molecule has 0 aliphatic carbocycles. The van der Waals surface area contributed by atoms with E-state index >= 15 is 0 Å². The van der Waals surface area contributed by atoms with E-state index in [-0.39, 0.29) is 19.5 Å². The highest BCUT2D eigenvalue weighted by Crippen LogP contribution is 2.28. The third-order valence-electron chi connectivity index (χ3n) is 3.33. The lowest BCUT2D eigenvalue weighted by Crippen LogP contribution is -2.59. The number of hydrogen-bond donors (Lipinski definition) is 4. The van der Waals surface area contributed by atoms with Crippen LogP contribution in [0.1, 0.15) is 13.8 Å². The molecule has 0 aromatic carbocycles. The summed E-state index contributed by atoms with van der Waals surface area (Å²) in [4.78, 5) is 3.90. The Morgan fingerprint density at radius 2 is 1.91 bits per heavy atom. The fraction of sp³-hybridized carbons (Fsp3) is 0.923. The number of aliphatic hydroxyl groups is 2. The lowest BCUT2D eigenvalue weighted by molar-refractivity contribution is -0.289. The second-order valence-electron chi connectivity index (χ2n) is 4.97. The van der Waals surface area contributed by atoms with Gasteiger partial charge in [-0.1, -0.05) is 7.43 Å². The Kier molecular flexibility index (Phi) is 8.44. The number of aliphatic imine (C=N–C) groups is 1. The number of nitrogens with two attached hydrogens (primary N) is 2. The standard InChI is InChI=1S/C12H23N3O5S.CH4/c13-12(14)15-2-5-21-6-7-10-8(16)9(17)11(20-7)19-4-1-3-18-10;/h7-11,16-17H,1-6H2,(H4,13,14,15);1H4. The summed E-state index contributed by atoms with van der Waals surface area (Å²) >= 11 is 1.60. The van der Waals surface area contributed by atoms with Crippen LogP contribution in [-0.2, 0) is 14.2 Å². The van der Waals surface area contributed by atoms with Gasteiger partial charge in [0.2, 0.25) is 0 Å². The van der Waals surface area contributed by atoms with E-state index in [1.165, 1.54) is 0 Å². The van der Waals surface area contributed by atoms with Crippen molar-refractivity contribution in [2.24, 2.45) is 16.5 Å². The minimum absolute atomic E-state index is 0. The third kappa shape index (κ3) is 5.25. The van der Waals surface area contributed by atoms with E-state index < -0.39 is 24.6 Å². The molecule has 3 saturated heterocycles. The molecule has 5 unspecified atom stereocenters. The van der Waals surface area contributed by atoms with Crippen LogP contribution in [0.2, 0.25) is 0 Å². The van der Waals surface area contributed by atoms with E-state index in [2.05, 4.69) is 4.99 Å². The number of aliphatic hydroxyl groups excluding tert-OH is 2. The molecule has 6 N–H and O–H groups in total. The molecule has 3 aliphatic heterocycles.